The highest BCUT2D eigenvalue weighted by atomic mass is 79.9. The van der Waals surface area contributed by atoms with E-state index in [4.69, 9.17) is 5.73 Å². The van der Waals surface area contributed by atoms with Gasteiger partial charge in [-0.3, -0.25) is 4.79 Å². The normalized spacial score (nSPS) is 10.3. The zero-order valence-corrected chi connectivity index (χ0v) is 12.9. The lowest BCUT2D eigenvalue weighted by molar-refractivity contribution is 0.103. The summed E-state index contributed by atoms with van der Waals surface area (Å²) in [5.41, 5.74) is 6.48. The van der Waals surface area contributed by atoms with Crippen molar-refractivity contribution in [3.05, 3.63) is 37.4 Å². The molecule has 1 aromatic heterocycles. The Kier molecular flexibility index (Phi) is 3.94. The van der Waals surface area contributed by atoms with Crippen LogP contribution in [0.4, 0.5) is 11.4 Å². The third-order valence-electron chi connectivity index (χ3n) is 2.15. The monoisotopic (exact) mass is 390 g/mol. The van der Waals surface area contributed by atoms with Gasteiger partial charge < -0.3 is 16.2 Å². The number of hydrogen-bond donors (Lipinski definition) is 3. The molecule has 0 radical (unpaired) electrons. The number of nitrogens with two attached hydrogens (primary N) is 1. The first-order valence-corrected chi connectivity index (χ1v) is 7.22. The highest BCUT2D eigenvalue weighted by Gasteiger charge is 2.13. The zero-order valence-electron chi connectivity index (χ0n) is 8.91. The molecular weight excluding hydrogens is 384 g/mol. The van der Waals surface area contributed by atoms with E-state index in [1.54, 1.807) is 12.1 Å². The van der Waals surface area contributed by atoms with Gasteiger partial charge in [-0.25, -0.2) is 0 Å². The molecule has 0 aliphatic carbocycles. The highest BCUT2D eigenvalue weighted by Crippen LogP contribution is 2.33. The molecule has 1 aromatic carbocycles. The van der Waals surface area contributed by atoms with Crippen molar-refractivity contribution in [2.75, 3.05) is 11.1 Å². The predicted molar refractivity (Wildman–Crippen MR) is 80.2 cm³/mol. The summed E-state index contributed by atoms with van der Waals surface area (Å²) in [4.78, 5) is 12.5. The van der Waals surface area contributed by atoms with E-state index in [0.717, 1.165) is 8.26 Å². The Bertz CT molecular complexity index is 594. The number of rotatable bonds is 2. The van der Waals surface area contributed by atoms with Crippen LogP contribution in [-0.2, 0) is 0 Å². The van der Waals surface area contributed by atoms with Crippen LogP contribution in [0.5, 0.6) is 5.75 Å². The second-order valence-electron chi connectivity index (χ2n) is 3.46. The Morgan fingerprint density at radius 1 is 1.33 bits per heavy atom. The lowest BCUT2D eigenvalue weighted by atomic mass is 10.2. The third kappa shape index (κ3) is 2.85. The molecule has 0 unspecified atom stereocenters. The van der Waals surface area contributed by atoms with E-state index in [9.17, 15) is 9.90 Å². The Morgan fingerprint density at radius 2 is 2.06 bits per heavy atom. The average molecular weight is 392 g/mol. The fourth-order valence-electron chi connectivity index (χ4n) is 1.31. The SMILES string of the molecule is Nc1cc(O)ccc1NC(=O)c1cc(Br)c(Br)s1. The topological polar surface area (TPSA) is 75.3 Å². The Hall–Kier alpha value is -1.05. The van der Waals surface area contributed by atoms with Crippen molar-refractivity contribution >= 4 is 60.5 Å². The van der Waals surface area contributed by atoms with Gasteiger partial charge in [0.1, 0.15) is 5.75 Å². The van der Waals surface area contributed by atoms with Crippen LogP contribution in [0, 0.1) is 0 Å². The summed E-state index contributed by atoms with van der Waals surface area (Å²) in [6.07, 6.45) is 0. The predicted octanol–water partition coefficient (Wildman–Crippen LogP) is 3.81. The van der Waals surface area contributed by atoms with Crippen LogP contribution in [0.1, 0.15) is 9.67 Å². The van der Waals surface area contributed by atoms with Gasteiger partial charge in [-0.2, -0.15) is 0 Å². The van der Waals surface area contributed by atoms with Crippen molar-refractivity contribution in [1.82, 2.24) is 0 Å². The van der Waals surface area contributed by atoms with Crippen molar-refractivity contribution in [2.24, 2.45) is 0 Å². The molecular formula is C11H8Br2N2O2S. The number of halogens is 2. The first kappa shape index (κ1) is 13.4. The summed E-state index contributed by atoms with van der Waals surface area (Å²) in [6, 6.07) is 6.13. The van der Waals surface area contributed by atoms with E-state index in [2.05, 4.69) is 37.2 Å². The number of amides is 1. The maximum absolute atomic E-state index is 12.0. The van der Waals surface area contributed by atoms with Gasteiger partial charge in [-0.15, -0.1) is 11.3 Å². The maximum atomic E-state index is 12.0. The fourth-order valence-corrected chi connectivity index (χ4v) is 3.24. The lowest BCUT2D eigenvalue weighted by Gasteiger charge is -2.07. The number of anilines is 2. The van der Waals surface area contributed by atoms with E-state index in [-0.39, 0.29) is 11.7 Å². The van der Waals surface area contributed by atoms with Gasteiger partial charge >= 0.3 is 0 Å². The molecule has 0 spiro atoms. The van der Waals surface area contributed by atoms with Crippen molar-refractivity contribution in [3.63, 3.8) is 0 Å². The maximum Gasteiger partial charge on any atom is 0.265 e. The number of aromatic hydroxyl groups is 1. The van der Waals surface area contributed by atoms with Crippen LogP contribution in [0.2, 0.25) is 0 Å². The van der Waals surface area contributed by atoms with Crippen molar-refractivity contribution < 1.29 is 9.90 Å². The molecule has 4 N–H and O–H groups in total. The van der Waals surface area contributed by atoms with Crippen molar-refractivity contribution in [2.45, 2.75) is 0 Å². The molecule has 0 aliphatic rings. The lowest BCUT2D eigenvalue weighted by Crippen LogP contribution is -2.11. The van der Waals surface area contributed by atoms with Crippen LogP contribution in [0.3, 0.4) is 0 Å². The van der Waals surface area contributed by atoms with Gasteiger partial charge in [-0.1, -0.05) is 0 Å². The number of nitrogens with one attached hydrogen (secondary N) is 1. The summed E-state index contributed by atoms with van der Waals surface area (Å²) in [6.45, 7) is 0. The number of phenols is 1. The molecule has 0 fully saturated rings. The van der Waals surface area contributed by atoms with Gasteiger partial charge in [0.15, 0.2) is 0 Å². The van der Waals surface area contributed by atoms with E-state index in [1.165, 1.54) is 23.5 Å². The first-order chi connectivity index (χ1) is 8.47. The molecule has 94 valence electrons. The summed E-state index contributed by atoms with van der Waals surface area (Å²) >= 11 is 7.97. The van der Waals surface area contributed by atoms with Crippen molar-refractivity contribution in [1.29, 1.82) is 0 Å². The molecule has 0 bridgehead atoms. The molecule has 4 nitrogen and oxygen atoms in total. The minimum Gasteiger partial charge on any atom is -0.508 e. The molecule has 18 heavy (non-hydrogen) atoms. The van der Waals surface area contributed by atoms with E-state index < -0.39 is 0 Å². The molecule has 0 saturated heterocycles. The number of hydrogen-bond acceptors (Lipinski definition) is 4. The molecule has 1 heterocycles. The van der Waals surface area contributed by atoms with E-state index in [0.29, 0.717) is 16.3 Å². The number of thiophene rings is 1. The van der Waals surface area contributed by atoms with Crippen LogP contribution in [0.15, 0.2) is 32.5 Å². The quantitative estimate of drug-likeness (QED) is 0.538. The van der Waals surface area contributed by atoms with Gasteiger partial charge in [0.05, 0.1) is 20.0 Å². The molecule has 0 atom stereocenters. The fraction of sp³-hybridized carbons (Fsp3) is 0. The minimum atomic E-state index is -0.246. The number of nitrogen functional groups attached to an aromatic ring is 1. The summed E-state index contributed by atoms with van der Waals surface area (Å²) in [5.74, 6) is -0.184. The van der Waals surface area contributed by atoms with Gasteiger partial charge in [0.25, 0.3) is 5.91 Å². The average Bonchev–Trinajstić information content (AvgIpc) is 2.63. The standard InChI is InChI=1S/C11H8Br2N2O2S/c12-6-4-9(18-10(6)13)11(17)15-8-2-1-5(16)3-7(8)14/h1-4,16H,14H2,(H,15,17). The Balaban J connectivity index is 2.21. The van der Waals surface area contributed by atoms with Gasteiger partial charge in [-0.05, 0) is 50.1 Å². The molecule has 2 aromatic rings. The molecule has 7 heteroatoms. The summed E-state index contributed by atoms with van der Waals surface area (Å²) in [7, 11) is 0. The molecule has 1 amide bonds. The first-order valence-electron chi connectivity index (χ1n) is 4.82. The number of benzene rings is 1. The van der Waals surface area contributed by atoms with Crippen LogP contribution in [0.25, 0.3) is 0 Å². The molecule has 0 saturated carbocycles. The van der Waals surface area contributed by atoms with Crippen LogP contribution >= 0.6 is 43.2 Å². The third-order valence-corrected chi connectivity index (χ3v) is 5.41. The van der Waals surface area contributed by atoms with Crippen LogP contribution < -0.4 is 11.1 Å². The Labute approximate surface area is 124 Å². The number of carbonyl (C=O) groups excluding carboxylic acids is 1. The van der Waals surface area contributed by atoms with Crippen LogP contribution in [-0.4, -0.2) is 11.0 Å². The van der Waals surface area contributed by atoms with E-state index >= 15 is 0 Å². The smallest absolute Gasteiger partial charge is 0.265 e. The highest BCUT2D eigenvalue weighted by molar-refractivity contribution is 9.13. The van der Waals surface area contributed by atoms with Gasteiger partial charge in [0.2, 0.25) is 0 Å². The second-order valence-corrected chi connectivity index (χ2v) is 6.68. The largest absolute Gasteiger partial charge is 0.508 e. The van der Waals surface area contributed by atoms with E-state index in [1.807, 2.05) is 0 Å². The number of carbonyl (C=O) groups is 1. The zero-order chi connectivity index (χ0) is 13.3. The Morgan fingerprint density at radius 3 is 2.61 bits per heavy atom. The summed E-state index contributed by atoms with van der Waals surface area (Å²) in [5, 5.41) is 11.9. The van der Waals surface area contributed by atoms with Gasteiger partial charge in [0, 0.05) is 10.5 Å². The second kappa shape index (κ2) is 5.29. The summed E-state index contributed by atoms with van der Waals surface area (Å²) < 4.78 is 1.68. The molecule has 0 aliphatic heterocycles. The van der Waals surface area contributed by atoms with Crippen molar-refractivity contribution in [3.8, 4) is 5.75 Å². The molecule has 2 rings (SSSR count). The number of phenolic OH excluding ortho intramolecular Hbond substituents is 1. The minimum absolute atomic E-state index is 0.0621.